The Morgan fingerprint density at radius 3 is 2.38 bits per heavy atom. The average Bonchev–Trinajstić information content (AvgIpc) is 2.94. The molecule has 0 radical (unpaired) electrons. The van der Waals surface area contributed by atoms with E-state index < -0.39 is 17.5 Å². The van der Waals surface area contributed by atoms with Crippen molar-refractivity contribution in [1.82, 2.24) is 10.2 Å². The number of hydrogen-bond acceptors (Lipinski definition) is 4. The van der Waals surface area contributed by atoms with Gasteiger partial charge in [-0.05, 0) is 50.1 Å². The van der Waals surface area contributed by atoms with Crippen LogP contribution in [0.4, 0.5) is 10.5 Å². The number of likely N-dealkylation sites (N-methyl/N-ethyl adjacent to an activating group) is 1. The quantitative estimate of drug-likeness (QED) is 0.763. The molecule has 1 saturated heterocycles. The van der Waals surface area contributed by atoms with E-state index in [2.05, 4.69) is 5.32 Å². The van der Waals surface area contributed by atoms with Crippen molar-refractivity contribution in [3.63, 3.8) is 0 Å². The highest BCUT2D eigenvalue weighted by atomic mass is 16.5. The van der Waals surface area contributed by atoms with Gasteiger partial charge in [-0.3, -0.25) is 14.5 Å². The van der Waals surface area contributed by atoms with Crippen LogP contribution in [0.15, 0.2) is 48.5 Å². The number of rotatable bonds is 6. The van der Waals surface area contributed by atoms with Gasteiger partial charge in [0.25, 0.3) is 5.91 Å². The monoisotopic (exact) mass is 395 g/mol. The molecule has 2 aromatic rings. The molecule has 4 amide bonds. The van der Waals surface area contributed by atoms with Crippen LogP contribution < -0.4 is 15.0 Å². The van der Waals surface area contributed by atoms with Gasteiger partial charge in [0.15, 0.2) is 0 Å². The first-order chi connectivity index (χ1) is 13.8. The maximum atomic E-state index is 13.1. The SMILES string of the molecule is CCN(C(=O)CN1C(=O)NC(C)(c2ccc(OC)cc2)C1=O)c1ccccc1C. The maximum absolute atomic E-state index is 13.1. The van der Waals surface area contributed by atoms with Gasteiger partial charge in [-0.15, -0.1) is 0 Å². The number of imide groups is 1. The number of hydrogen-bond donors (Lipinski definition) is 1. The minimum Gasteiger partial charge on any atom is -0.497 e. The number of carbonyl (C=O) groups excluding carboxylic acids is 3. The Morgan fingerprint density at radius 2 is 1.79 bits per heavy atom. The number of nitrogens with one attached hydrogen (secondary N) is 1. The van der Waals surface area contributed by atoms with Gasteiger partial charge in [0, 0.05) is 12.2 Å². The second kappa shape index (κ2) is 7.95. The zero-order valence-electron chi connectivity index (χ0n) is 17.1. The lowest BCUT2D eigenvalue weighted by atomic mass is 9.92. The van der Waals surface area contributed by atoms with Gasteiger partial charge in [0.1, 0.15) is 17.8 Å². The molecule has 152 valence electrons. The molecule has 1 heterocycles. The van der Waals surface area contributed by atoms with Crippen molar-refractivity contribution in [2.45, 2.75) is 26.3 Å². The molecule has 29 heavy (non-hydrogen) atoms. The molecule has 0 bridgehead atoms. The number of nitrogens with zero attached hydrogens (tertiary/aromatic N) is 2. The Morgan fingerprint density at radius 1 is 1.14 bits per heavy atom. The van der Waals surface area contributed by atoms with Crippen LogP contribution >= 0.6 is 0 Å². The molecule has 1 aliphatic heterocycles. The van der Waals surface area contributed by atoms with Crippen LogP contribution in [0.3, 0.4) is 0 Å². The summed E-state index contributed by atoms with van der Waals surface area (Å²) in [5.41, 5.74) is 1.11. The highest BCUT2D eigenvalue weighted by Crippen LogP contribution is 2.30. The van der Waals surface area contributed by atoms with Gasteiger partial charge >= 0.3 is 6.03 Å². The van der Waals surface area contributed by atoms with Crippen molar-refractivity contribution in [3.05, 3.63) is 59.7 Å². The Labute approximate surface area is 170 Å². The molecule has 0 saturated carbocycles. The highest BCUT2D eigenvalue weighted by molar-refractivity contribution is 6.10. The Kier molecular flexibility index (Phi) is 5.59. The van der Waals surface area contributed by atoms with Gasteiger partial charge in [-0.25, -0.2) is 4.79 Å². The lowest BCUT2D eigenvalue weighted by Gasteiger charge is -2.25. The third-order valence-electron chi connectivity index (χ3n) is 5.26. The number of carbonyl (C=O) groups is 3. The Hall–Kier alpha value is -3.35. The van der Waals surface area contributed by atoms with Crippen LogP contribution in [-0.2, 0) is 15.1 Å². The number of benzene rings is 2. The van der Waals surface area contributed by atoms with E-state index in [4.69, 9.17) is 4.74 Å². The second-order valence-electron chi connectivity index (χ2n) is 7.10. The van der Waals surface area contributed by atoms with Crippen molar-refractivity contribution in [2.24, 2.45) is 0 Å². The second-order valence-corrected chi connectivity index (χ2v) is 7.10. The molecule has 1 atom stereocenters. The van der Waals surface area contributed by atoms with E-state index >= 15 is 0 Å². The van der Waals surface area contributed by atoms with Gasteiger partial charge in [-0.1, -0.05) is 30.3 Å². The Bertz CT molecular complexity index is 941. The molecule has 3 rings (SSSR count). The van der Waals surface area contributed by atoms with Crippen molar-refractivity contribution in [3.8, 4) is 5.75 Å². The molecule has 7 nitrogen and oxygen atoms in total. The van der Waals surface area contributed by atoms with Crippen LogP contribution in [0, 0.1) is 6.92 Å². The number of amides is 4. The molecule has 1 N–H and O–H groups in total. The fourth-order valence-corrected chi connectivity index (χ4v) is 3.53. The van der Waals surface area contributed by atoms with Crippen molar-refractivity contribution in [1.29, 1.82) is 0 Å². The van der Waals surface area contributed by atoms with E-state index in [0.29, 0.717) is 17.9 Å². The predicted octanol–water partition coefficient (Wildman–Crippen LogP) is 2.82. The normalized spacial score (nSPS) is 18.6. The summed E-state index contributed by atoms with van der Waals surface area (Å²) < 4.78 is 5.14. The number of anilines is 1. The number of urea groups is 1. The lowest BCUT2D eigenvalue weighted by Crippen LogP contribution is -2.44. The van der Waals surface area contributed by atoms with Crippen molar-refractivity contribution in [2.75, 3.05) is 25.1 Å². The highest BCUT2D eigenvalue weighted by Gasteiger charge is 2.49. The first-order valence-corrected chi connectivity index (χ1v) is 9.46. The van der Waals surface area contributed by atoms with Gasteiger partial charge in [-0.2, -0.15) is 0 Å². The molecule has 7 heteroatoms. The summed E-state index contributed by atoms with van der Waals surface area (Å²) in [5, 5.41) is 2.72. The number of aryl methyl sites for hydroxylation is 1. The lowest BCUT2D eigenvalue weighted by molar-refractivity contribution is -0.134. The van der Waals surface area contributed by atoms with Crippen LogP contribution in [0.2, 0.25) is 0 Å². The fraction of sp³-hybridized carbons (Fsp3) is 0.318. The van der Waals surface area contributed by atoms with Crippen LogP contribution in [0.5, 0.6) is 5.75 Å². The van der Waals surface area contributed by atoms with Gasteiger partial charge < -0.3 is 15.0 Å². The third kappa shape index (κ3) is 3.68. The van der Waals surface area contributed by atoms with E-state index in [0.717, 1.165) is 16.2 Å². The van der Waals surface area contributed by atoms with Crippen LogP contribution in [0.1, 0.15) is 25.0 Å². The topological polar surface area (TPSA) is 79.0 Å². The van der Waals surface area contributed by atoms with E-state index in [1.54, 1.807) is 43.2 Å². The summed E-state index contributed by atoms with van der Waals surface area (Å²) in [7, 11) is 1.56. The minimum atomic E-state index is -1.23. The van der Waals surface area contributed by atoms with Gasteiger partial charge in [0.05, 0.1) is 7.11 Å². The smallest absolute Gasteiger partial charge is 0.325 e. The maximum Gasteiger partial charge on any atom is 0.325 e. The summed E-state index contributed by atoms with van der Waals surface area (Å²) in [4.78, 5) is 41.1. The molecule has 1 aliphatic rings. The van der Waals surface area contributed by atoms with Gasteiger partial charge in [0.2, 0.25) is 5.91 Å². The summed E-state index contributed by atoms with van der Waals surface area (Å²) in [6, 6.07) is 13.9. The predicted molar refractivity (Wildman–Crippen MR) is 110 cm³/mol. The fourth-order valence-electron chi connectivity index (χ4n) is 3.53. The number of ether oxygens (including phenoxy) is 1. The summed E-state index contributed by atoms with van der Waals surface area (Å²) in [5.74, 6) is -0.121. The first-order valence-electron chi connectivity index (χ1n) is 9.46. The summed E-state index contributed by atoms with van der Waals surface area (Å²) in [6.07, 6.45) is 0. The van der Waals surface area contributed by atoms with E-state index in [1.165, 1.54) is 0 Å². The molecular formula is C22H25N3O4. The van der Waals surface area contributed by atoms with E-state index in [-0.39, 0.29) is 12.5 Å². The largest absolute Gasteiger partial charge is 0.497 e. The zero-order chi connectivity index (χ0) is 21.2. The molecular weight excluding hydrogens is 370 g/mol. The standard InChI is InChI=1S/C22H25N3O4/c1-5-24(18-9-7-6-8-15(18)2)19(26)14-25-20(27)22(3,23-21(25)28)16-10-12-17(29-4)13-11-16/h6-13H,5,14H2,1-4H3,(H,23,28). The third-order valence-corrected chi connectivity index (χ3v) is 5.26. The average molecular weight is 395 g/mol. The summed E-state index contributed by atoms with van der Waals surface area (Å²) >= 11 is 0. The molecule has 1 unspecified atom stereocenters. The molecule has 2 aromatic carbocycles. The summed E-state index contributed by atoms with van der Waals surface area (Å²) in [6.45, 7) is 5.53. The first kappa shape index (κ1) is 20.4. The van der Waals surface area contributed by atoms with Crippen LogP contribution in [-0.4, -0.2) is 42.9 Å². The number of methoxy groups -OCH3 is 1. The van der Waals surface area contributed by atoms with Crippen molar-refractivity contribution >= 4 is 23.5 Å². The van der Waals surface area contributed by atoms with E-state index in [9.17, 15) is 14.4 Å². The minimum absolute atomic E-state index is 0.315. The molecule has 0 aliphatic carbocycles. The van der Waals surface area contributed by atoms with Crippen LogP contribution in [0.25, 0.3) is 0 Å². The Balaban J connectivity index is 1.82. The number of para-hydroxylation sites is 1. The van der Waals surface area contributed by atoms with Crippen molar-refractivity contribution < 1.29 is 19.1 Å². The molecule has 0 spiro atoms. The molecule has 1 fully saturated rings. The zero-order valence-corrected chi connectivity index (χ0v) is 17.1. The molecule has 0 aromatic heterocycles. The van der Waals surface area contributed by atoms with E-state index in [1.807, 2.05) is 38.1 Å².